The number of nitrogens with zero attached hydrogens (tertiary/aromatic N) is 4. The van der Waals surface area contributed by atoms with E-state index < -0.39 is 11.7 Å². The number of fused-ring (bicyclic) bond motifs is 6. The quantitative estimate of drug-likeness (QED) is 0.160. The van der Waals surface area contributed by atoms with Gasteiger partial charge in [-0.05, 0) is 205 Å². The summed E-state index contributed by atoms with van der Waals surface area (Å²) in [6, 6.07) is 65.0. The van der Waals surface area contributed by atoms with Gasteiger partial charge in [-0.15, -0.1) is 0 Å². The van der Waals surface area contributed by atoms with Gasteiger partial charge in [-0.25, -0.2) is 0 Å². The fraction of sp³-hybridized carbons (Fsp3) is 0.114. The highest BCUT2D eigenvalue weighted by atomic mass is 19.4. The lowest BCUT2D eigenvalue weighted by Gasteiger charge is -2.19. The number of halogens is 3. The predicted molar refractivity (Wildman–Crippen MR) is 310 cm³/mol. The van der Waals surface area contributed by atoms with Crippen molar-refractivity contribution in [1.29, 1.82) is 10.5 Å². The third-order valence-electron chi connectivity index (χ3n) is 15.5. The number of benzene rings is 10. The van der Waals surface area contributed by atoms with Crippen molar-refractivity contribution in [2.75, 3.05) is 0 Å². The molecule has 0 N–H and O–H groups in total. The van der Waals surface area contributed by atoms with Gasteiger partial charge in [-0.1, -0.05) is 120 Å². The molecule has 4 nitrogen and oxygen atoms in total. The molecule has 0 aliphatic carbocycles. The van der Waals surface area contributed by atoms with Crippen LogP contribution in [0.5, 0.6) is 0 Å². The van der Waals surface area contributed by atoms with Crippen molar-refractivity contribution < 1.29 is 13.2 Å². The maximum Gasteiger partial charge on any atom is 0.416 e. The Kier molecular flexibility index (Phi) is 11.6. The van der Waals surface area contributed by atoms with Gasteiger partial charge in [0.15, 0.2) is 0 Å². The SMILES string of the molecule is Cc1ccc(-c2ccc3c(c2)c2cc(-c4ccccc4C)ccc2n3-c2cc(-c3cc(C#N)cc(C(F)(F)F)c3)cc(-n3c4ccc(-c5ccc(C)cc5C)cc4c4cc(-c5ccc(C)cc5C)ccc43)c2C#N)c(C)c1. The van der Waals surface area contributed by atoms with Crippen LogP contribution < -0.4 is 0 Å². The number of hydrogen-bond acceptors (Lipinski definition) is 2. The summed E-state index contributed by atoms with van der Waals surface area (Å²) in [5, 5.41) is 25.9. The van der Waals surface area contributed by atoms with Gasteiger partial charge in [0.25, 0.3) is 0 Å². The van der Waals surface area contributed by atoms with Gasteiger partial charge < -0.3 is 9.13 Å². The minimum absolute atomic E-state index is 0.128. The molecule has 0 radical (unpaired) electrons. The first kappa shape index (κ1) is 48.5. The summed E-state index contributed by atoms with van der Waals surface area (Å²) in [6.45, 7) is 14.7. The zero-order valence-electron chi connectivity index (χ0n) is 43.7. The van der Waals surface area contributed by atoms with Crippen molar-refractivity contribution in [3.8, 4) is 79.1 Å². The van der Waals surface area contributed by atoms with Gasteiger partial charge in [0.1, 0.15) is 11.6 Å². The second-order valence-corrected chi connectivity index (χ2v) is 20.8. The monoisotopic (exact) mass is 1000 g/mol. The van der Waals surface area contributed by atoms with E-state index in [0.29, 0.717) is 22.5 Å². The van der Waals surface area contributed by atoms with Gasteiger partial charge in [0, 0.05) is 21.5 Å². The lowest BCUT2D eigenvalue weighted by molar-refractivity contribution is -0.137. The van der Waals surface area contributed by atoms with E-state index >= 15 is 0 Å². The van der Waals surface area contributed by atoms with Gasteiger partial charge >= 0.3 is 6.18 Å². The standard InChI is InChI=1S/C70H51F3N4/c1-40-12-19-56(44(5)26-40)49-16-23-65-60(33-49)59-32-48(55-11-9-8-10-43(55)4)15-22-64(59)76(65)68-36-53(52-29-47(38-74)30-54(31-52)70(71,72)73)37-69(63(68)39-75)77-66-24-17-50(57-20-13-41(2)27-45(57)6)34-61(66)62-35-51(18-25-67(62)77)58-21-14-42(3)28-46(58)7/h8-37H,1-7H3. The molecule has 0 unspecified atom stereocenters. The number of hydrogen-bond donors (Lipinski definition) is 0. The Morgan fingerprint density at radius 3 is 1.08 bits per heavy atom. The van der Waals surface area contributed by atoms with Gasteiger partial charge in [-0.2, -0.15) is 23.7 Å². The summed E-state index contributed by atoms with van der Waals surface area (Å²) in [4.78, 5) is 0. The molecule has 0 fully saturated rings. The van der Waals surface area contributed by atoms with Crippen LogP contribution in [0.4, 0.5) is 13.2 Å². The van der Waals surface area contributed by atoms with Crippen molar-refractivity contribution in [2.24, 2.45) is 0 Å². The molecule has 0 atom stereocenters. The van der Waals surface area contributed by atoms with Gasteiger partial charge in [0.2, 0.25) is 0 Å². The molecule has 0 bridgehead atoms. The van der Waals surface area contributed by atoms with Crippen LogP contribution in [0, 0.1) is 71.1 Å². The number of rotatable bonds is 7. The summed E-state index contributed by atoms with van der Waals surface area (Å²) < 4.78 is 48.7. The van der Waals surface area contributed by atoms with E-state index in [9.17, 15) is 23.7 Å². The Hall–Kier alpha value is -9.43. The largest absolute Gasteiger partial charge is 0.416 e. The van der Waals surface area contributed by atoms with Crippen molar-refractivity contribution in [3.05, 3.63) is 238 Å². The van der Waals surface area contributed by atoms with E-state index in [1.165, 1.54) is 22.8 Å². The van der Waals surface area contributed by atoms with E-state index in [4.69, 9.17) is 0 Å². The molecular weight excluding hydrogens is 954 g/mol. The maximum absolute atomic E-state index is 14.8. The number of nitriles is 2. The van der Waals surface area contributed by atoms with Crippen molar-refractivity contribution in [1.82, 2.24) is 9.13 Å². The van der Waals surface area contributed by atoms with Crippen LogP contribution in [0.25, 0.3) is 111 Å². The predicted octanol–water partition coefficient (Wildman–Crippen LogP) is 19.1. The van der Waals surface area contributed by atoms with Crippen LogP contribution in [0.3, 0.4) is 0 Å². The van der Waals surface area contributed by atoms with Crippen molar-refractivity contribution in [2.45, 2.75) is 54.6 Å². The summed E-state index contributed by atoms with van der Waals surface area (Å²) in [6.07, 6.45) is -4.73. The average Bonchev–Trinajstić information content (AvgIpc) is 3.96. The molecular formula is C70H51F3N4. The number of aromatic nitrogens is 2. The first-order valence-electron chi connectivity index (χ1n) is 25.7. The highest BCUT2D eigenvalue weighted by Crippen LogP contribution is 2.45. The lowest BCUT2D eigenvalue weighted by Crippen LogP contribution is -2.07. The molecule has 0 saturated carbocycles. The zero-order chi connectivity index (χ0) is 53.6. The van der Waals surface area contributed by atoms with E-state index in [1.807, 2.05) is 30.3 Å². The van der Waals surface area contributed by atoms with Crippen LogP contribution in [-0.4, -0.2) is 9.13 Å². The molecule has 7 heteroatoms. The number of alkyl halides is 3. The molecule has 2 heterocycles. The smallest absolute Gasteiger partial charge is 0.308 e. The molecule has 2 aromatic heterocycles. The van der Waals surface area contributed by atoms with Crippen molar-refractivity contribution in [3.63, 3.8) is 0 Å². The number of aryl methyl sites for hydroxylation is 7. The molecule has 0 saturated heterocycles. The first-order valence-corrected chi connectivity index (χ1v) is 25.7. The Morgan fingerprint density at radius 1 is 0.351 bits per heavy atom. The van der Waals surface area contributed by atoms with E-state index in [2.05, 4.69) is 203 Å². The Morgan fingerprint density at radius 2 is 0.727 bits per heavy atom. The molecule has 0 aliphatic heterocycles. The Labute approximate surface area is 445 Å². The van der Waals surface area contributed by atoms with Crippen LogP contribution in [0.2, 0.25) is 0 Å². The van der Waals surface area contributed by atoms with Crippen molar-refractivity contribution >= 4 is 43.6 Å². The highest BCUT2D eigenvalue weighted by Gasteiger charge is 2.32. The van der Waals surface area contributed by atoms with Crippen LogP contribution in [0.15, 0.2) is 182 Å². The minimum atomic E-state index is -4.73. The van der Waals surface area contributed by atoms with E-state index in [0.717, 1.165) is 123 Å². The summed E-state index contributed by atoms with van der Waals surface area (Å²) >= 11 is 0. The third kappa shape index (κ3) is 8.33. The second kappa shape index (κ2) is 18.4. The fourth-order valence-electron chi connectivity index (χ4n) is 11.8. The van der Waals surface area contributed by atoms with Crippen LogP contribution in [-0.2, 0) is 6.18 Å². The molecule has 372 valence electrons. The summed E-state index contributed by atoms with van der Waals surface area (Å²) in [7, 11) is 0. The molecule has 0 amide bonds. The molecule has 0 aliphatic rings. The molecule has 12 rings (SSSR count). The first-order chi connectivity index (χ1) is 37.1. The van der Waals surface area contributed by atoms with Crippen LogP contribution in [0.1, 0.15) is 55.6 Å². The maximum atomic E-state index is 14.8. The second-order valence-electron chi connectivity index (χ2n) is 20.8. The molecule has 0 spiro atoms. The Balaban J connectivity index is 1.21. The summed E-state index contributed by atoms with van der Waals surface area (Å²) in [5.74, 6) is 0. The van der Waals surface area contributed by atoms with Crippen LogP contribution >= 0.6 is 0 Å². The highest BCUT2D eigenvalue weighted by molar-refractivity contribution is 6.14. The molecule has 10 aromatic carbocycles. The van der Waals surface area contributed by atoms with E-state index in [-0.39, 0.29) is 11.1 Å². The topological polar surface area (TPSA) is 57.4 Å². The summed E-state index contributed by atoms with van der Waals surface area (Å²) in [5.41, 5.74) is 20.6. The van der Waals surface area contributed by atoms with E-state index in [1.54, 1.807) is 0 Å². The fourth-order valence-corrected chi connectivity index (χ4v) is 11.8. The molecule has 12 aromatic rings. The molecule has 77 heavy (non-hydrogen) atoms. The Bertz CT molecular complexity index is 4440. The third-order valence-corrected chi connectivity index (χ3v) is 15.5. The average molecular weight is 1010 g/mol. The van der Waals surface area contributed by atoms with Gasteiger partial charge in [0.05, 0.1) is 50.6 Å². The minimum Gasteiger partial charge on any atom is -0.308 e. The van der Waals surface area contributed by atoms with Gasteiger partial charge in [-0.3, -0.25) is 0 Å². The normalized spacial score (nSPS) is 11.7. The zero-order valence-corrected chi connectivity index (χ0v) is 43.7. The lowest BCUT2D eigenvalue weighted by atomic mass is 9.95.